The molecule has 1 aromatic heterocycles. The number of rotatable bonds is 3. The number of carbonyl (C=O) groups excluding carboxylic acids is 1. The fourth-order valence-electron chi connectivity index (χ4n) is 5.02. The number of likely N-dealkylation sites (tertiary alicyclic amines) is 1. The SMILES string of the molecule is CCOC(=O)N1C2COCC1CC(N1CCC(C#N)(c3ccccn3)CC1)C2. The highest BCUT2D eigenvalue weighted by molar-refractivity contribution is 5.69. The summed E-state index contributed by atoms with van der Waals surface area (Å²) >= 11 is 0. The first-order valence-corrected chi connectivity index (χ1v) is 10.3. The molecule has 150 valence electrons. The molecule has 0 aromatic carbocycles. The molecule has 2 unspecified atom stereocenters. The minimum absolute atomic E-state index is 0.0787. The lowest BCUT2D eigenvalue weighted by atomic mass is 9.75. The van der Waals surface area contributed by atoms with Crippen molar-refractivity contribution in [2.24, 2.45) is 0 Å². The monoisotopic (exact) mass is 384 g/mol. The standard InChI is InChI=1S/C21H28N4O3/c1-2-28-20(26)25-17-11-16(12-18(25)14-27-13-17)24-9-6-21(15-22,7-10-24)19-5-3-4-8-23-19/h3-5,8,16-18H,2,6-7,9-14H2,1H3. The summed E-state index contributed by atoms with van der Waals surface area (Å²) in [5.41, 5.74) is 0.405. The highest BCUT2D eigenvalue weighted by atomic mass is 16.6. The molecule has 3 saturated heterocycles. The van der Waals surface area contributed by atoms with E-state index in [9.17, 15) is 10.1 Å². The smallest absolute Gasteiger partial charge is 0.410 e. The Morgan fingerprint density at radius 1 is 1.29 bits per heavy atom. The second-order valence-corrected chi connectivity index (χ2v) is 8.02. The van der Waals surface area contributed by atoms with Gasteiger partial charge in [0.2, 0.25) is 0 Å². The number of pyridine rings is 1. The lowest BCUT2D eigenvalue weighted by Crippen LogP contribution is -2.63. The molecule has 0 saturated carbocycles. The van der Waals surface area contributed by atoms with E-state index in [4.69, 9.17) is 9.47 Å². The molecule has 3 aliphatic rings. The van der Waals surface area contributed by atoms with E-state index >= 15 is 0 Å². The Kier molecular flexibility index (Phi) is 5.51. The molecule has 1 amide bonds. The van der Waals surface area contributed by atoms with Gasteiger partial charge in [-0.2, -0.15) is 5.26 Å². The van der Waals surface area contributed by atoms with Crippen LogP contribution >= 0.6 is 0 Å². The predicted molar refractivity (Wildman–Crippen MR) is 103 cm³/mol. The fraction of sp³-hybridized carbons (Fsp3) is 0.667. The van der Waals surface area contributed by atoms with Crippen LogP contribution < -0.4 is 0 Å². The Morgan fingerprint density at radius 3 is 2.57 bits per heavy atom. The second kappa shape index (κ2) is 8.06. The molecule has 7 heteroatoms. The van der Waals surface area contributed by atoms with Gasteiger partial charge in [0.25, 0.3) is 0 Å². The summed E-state index contributed by atoms with van der Waals surface area (Å²) < 4.78 is 11.0. The molecule has 0 aliphatic carbocycles. The van der Waals surface area contributed by atoms with E-state index in [1.807, 2.05) is 30.0 Å². The van der Waals surface area contributed by atoms with E-state index in [2.05, 4.69) is 16.0 Å². The molecule has 7 nitrogen and oxygen atoms in total. The van der Waals surface area contributed by atoms with Gasteiger partial charge in [0.05, 0.1) is 43.7 Å². The zero-order valence-corrected chi connectivity index (χ0v) is 16.4. The van der Waals surface area contributed by atoms with Crippen LogP contribution in [0.15, 0.2) is 24.4 Å². The van der Waals surface area contributed by atoms with Crippen LogP contribution in [0.4, 0.5) is 4.79 Å². The Balaban J connectivity index is 1.42. The third-order valence-corrected chi connectivity index (χ3v) is 6.51. The summed E-state index contributed by atoms with van der Waals surface area (Å²) in [6.07, 6.45) is 4.95. The van der Waals surface area contributed by atoms with Gasteiger partial charge >= 0.3 is 6.09 Å². The second-order valence-electron chi connectivity index (χ2n) is 8.02. The minimum Gasteiger partial charge on any atom is -0.450 e. The van der Waals surface area contributed by atoms with Crippen molar-refractivity contribution in [1.29, 1.82) is 5.26 Å². The van der Waals surface area contributed by atoms with Crippen molar-refractivity contribution in [3.05, 3.63) is 30.1 Å². The van der Waals surface area contributed by atoms with Crippen molar-refractivity contribution < 1.29 is 14.3 Å². The third kappa shape index (κ3) is 3.47. The van der Waals surface area contributed by atoms with E-state index in [0.717, 1.165) is 44.5 Å². The van der Waals surface area contributed by atoms with Crippen LogP contribution in [-0.2, 0) is 14.9 Å². The zero-order valence-electron chi connectivity index (χ0n) is 16.4. The van der Waals surface area contributed by atoms with Crippen LogP contribution in [0.1, 0.15) is 38.3 Å². The van der Waals surface area contributed by atoms with E-state index in [-0.39, 0.29) is 18.2 Å². The number of hydrogen-bond donors (Lipinski definition) is 0. The van der Waals surface area contributed by atoms with Crippen LogP contribution in [0.5, 0.6) is 0 Å². The van der Waals surface area contributed by atoms with Gasteiger partial charge in [0, 0.05) is 25.3 Å². The third-order valence-electron chi connectivity index (χ3n) is 6.51. The highest BCUT2D eigenvalue weighted by Gasteiger charge is 2.46. The van der Waals surface area contributed by atoms with Crippen molar-refractivity contribution in [2.75, 3.05) is 32.9 Å². The van der Waals surface area contributed by atoms with Crippen molar-refractivity contribution in [3.63, 3.8) is 0 Å². The molecule has 0 radical (unpaired) electrons. The molecule has 28 heavy (non-hydrogen) atoms. The van der Waals surface area contributed by atoms with Crippen LogP contribution in [0.3, 0.4) is 0 Å². The molecular formula is C21H28N4O3. The first kappa shape index (κ1) is 19.2. The maximum atomic E-state index is 12.4. The number of aromatic nitrogens is 1. The summed E-state index contributed by atoms with van der Waals surface area (Å²) in [4.78, 5) is 21.2. The van der Waals surface area contributed by atoms with Crippen molar-refractivity contribution in [3.8, 4) is 6.07 Å². The number of nitrogens with zero attached hydrogens (tertiary/aromatic N) is 4. The van der Waals surface area contributed by atoms with Gasteiger partial charge in [-0.25, -0.2) is 4.79 Å². The van der Waals surface area contributed by atoms with Crippen LogP contribution in [0.2, 0.25) is 0 Å². The average molecular weight is 384 g/mol. The topological polar surface area (TPSA) is 78.7 Å². The Morgan fingerprint density at radius 2 is 2.00 bits per heavy atom. The molecule has 0 spiro atoms. The van der Waals surface area contributed by atoms with Gasteiger partial charge in [-0.3, -0.25) is 9.88 Å². The Labute approximate surface area is 166 Å². The lowest BCUT2D eigenvalue weighted by Gasteiger charge is -2.51. The Hall–Kier alpha value is -2.17. The summed E-state index contributed by atoms with van der Waals surface area (Å²) in [7, 11) is 0. The van der Waals surface area contributed by atoms with Gasteiger partial charge in [0.1, 0.15) is 5.41 Å². The molecule has 4 rings (SSSR count). The van der Waals surface area contributed by atoms with Crippen LogP contribution in [0, 0.1) is 11.3 Å². The lowest BCUT2D eigenvalue weighted by molar-refractivity contribution is -0.0876. The van der Waals surface area contributed by atoms with E-state index in [0.29, 0.717) is 25.9 Å². The number of hydrogen-bond acceptors (Lipinski definition) is 6. The zero-order chi connectivity index (χ0) is 19.6. The van der Waals surface area contributed by atoms with Gasteiger partial charge in [-0.15, -0.1) is 0 Å². The highest BCUT2D eigenvalue weighted by Crippen LogP contribution is 2.37. The van der Waals surface area contributed by atoms with Crippen molar-refractivity contribution in [1.82, 2.24) is 14.8 Å². The normalized spacial score (nSPS) is 29.7. The minimum atomic E-state index is -0.484. The number of nitriles is 1. The maximum Gasteiger partial charge on any atom is 0.410 e. The number of amides is 1. The number of piperidine rings is 2. The summed E-state index contributed by atoms with van der Waals surface area (Å²) in [6.45, 7) is 5.16. The maximum absolute atomic E-state index is 12.4. The first-order chi connectivity index (χ1) is 13.7. The summed E-state index contributed by atoms with van der Waals surface area (Å²) in [5.74, 6) is 0. The van der Waals surface area contributed by atoms with Crippen molar-refractivity contribution >= 4 is 6.09 Å². The summed E-state index contributed by atoms with van der Waals surface area (Å²) in [6, 6.07) is 8.95. The average Bonchev–Trinajstić information content (AvgIpc) is 2.73. The van der Waals surface area contributed by atoms with E-state index in [1.165, 1.54) is 0 Å². The number of morpholine rings is 1. The fourth-order valence-corrected chi connectivity index (χ4v) is 5.02. The van der Waals surface area contributed by atoms with E-state index in [1.54, 1.807) is 6.20 Å². The molecule has 2 bridgehead atoms. The Bertz CT molecular complexity index is 713. The van der Waals surface area contributed by atoms with Gasteiger partial charge < -0.3 is 14.4 Å². The largest absolute Gasteiger partial charge is 0.450 e. The van der Waals surface area contributed by atoms with Gasteiger partial charge in [-0.05, 0) is 44.7 Å². The van der Waals surface area contributed by atoms with Crippen molar-refractivity contribution in [2.45, 2.75) is 56.1 Å². The quantitative estimate of drug-likeness (QED) is 0.796. The number of carbonyl (C=O) groups is 1. The molecule has 3 aliphatic heterocycles. The number of ether oxygens (including phenoxy) is 2. The molecule has 0 N–H and O–H groups in total. The van der Waals surface area contributed by atoms with E-state index < -0.39 is 5.41 Å². The number of fused-ring (bicyclic) bond motifs is 2. The molecule has 2 atom stereocenters. The molecule has 4 heterocycles. The van der Waals surface area contributed by atoms with Gasteiger partial charge in [-0.1, -0.05) is 6.07 Å². The van der Waals surface area contributed by atoms with Gasteiger partial charge in [0.15, 0.2) is 0 Å². The molecule has 3 fully saturated rings. The predicted octanol–water partition coefficient (Wildman–Crippen LogP) is 2.33. The van der Waals surface area contributed by atoms with Crippen LogP contribution in [-0.4, -0.2) is 71.9 Å². The summed E-state index contributed by atoms with van der Waals surface area (Å²) in [5, 5.41) is 9.89. The molecule has 1 aromatic rings. The molecular weight excluding hydrogens is 356 g/mol. The van der Waals surface area contributed by atoms with Crippen LogP contribution in [0.25, 0.3) is 0 Å². The first-order valence-electron chi connectivity index (χ1n) is 10.3.